The highest BCUT2D eigenvalue weighted by molar-refractivity contribution is 5.78. The third-order valence-electron chi connectivity index (χ3n) is 2.79. The molecule has 1 aromatic carbocycles. The average molecular weight is 246 g/mol. The Morgan fingerprint density at radius 2 is 1.94 bits per heavy atom. The first-order valence-electron chi connectivity index (χ1n) is 5.87. The summed E-state index contributed by atoms with van der Waals surface area (Å²) in [6, 6.07) is 8.08. The number of carbonyl (C=O) groups excluding carboxylic acids is 1. The minimum absolute atomic E-state index is 0.0371. The molecule has 4 heteroatoms. The lowest BCUT2D eigenvalue weighted by Crippen LogP contribution is -2.14. The molecular weight excluding hydrogens is 231 g/mol. The number of carbonyl (C=O) groups is 1. The van der Waals surface area contributed by atoms with E-state index in [1.165, 1.54) is 16.8 Å². The van der Waals surface area contributed by atoms with Gasteiger partial charge in [0.15, 0.2) is 0 Å². The van der Waals surface area contributed by atoms with E-state index in [2.05, 4.69) is 5.10 Å². The van der Waals surface area contributed by atoms with Crippen LogP contribution in [0.1, 0.15) is 28.2 Å². The quantitative estimate of drug-likeness (QED) is 0.834. The summed E-state index contributed by atoms with van der Waals surface area (Å²) in [5.41, 5.74) is 2.63. The maximum atomic E-state index is 12.7. The van der Waals surface area contributed by atoms with E-state index in [0.717, 1.165) is 17.0 Å². The first-order valence-corrected chi connectivity index (χ1v) is 5.87. The second kappa shape index (κ2) is 5.12. The molecule has 0 amide bonds. The van der Waals surface area contributed by atoms with Gasteiger partial charge in [-0.05, 0) is 44.0 Å². The van der Waals surface area contributed by atoms with Gasteiger partial charge in [-0.15, -0.1) is 0 Å². The number of benzene rings is 1. The van der Waals surface area contributed by atoms with Crippen molar-refractivity contribution in [2.45, 2.75) is 26.7 Å². The number of nitrogens with zero attached hydrogens (tertiary/aromatic N) is 2. The Kier molecular flexibility index (Phi) is 3.55. The Balaban J connectivity index is 2.00. The topological polar surface area (TPSA) is 34.9 Å². The van der Waals surface area contributed by atoms with Crippen molar-refractivity contribution >= 4 is 5.91 Å². The van der Waals surface area contributed by atoms with Crippen LogP contribution in [0.15, 0.2) is 30.3 Å². The SMILES string of the molecule is Cc1cc(C)n(C(=O)CCc2ccc(F)cc2)n1. The van der Waals surface area contributed by atoms with E-state index in [9.17, 15) is 9.18 Å². The van der Waals surface area contributed by atoms with Crippen LogP contribution in [-0.2, 0) is 6.42 Å². The average Bonchev–Trinajstić information content (AvgIpc) is 2.67. The van der Waals surface area contributed by atoms with Gasteiger partial charge in [0.2, 0.25) is 5.91 Å². The molecule has 1 heterocycles. The fourth-order valence-corrected chi connectivity index (χ4v) is 1.89. The monoisotopic (exact) mass is 246 g/mol. The zero-order chi connectivity index (χ0) is 13.1. The Morgan fingerprint density at radius 3 is 2.50 bits per heavy atom. The van der Waals surface area contributed by atoms with Gasteiger partial charge in [-0.25, -0.2) is 9.07 Å². The summed E-state index contributed by atoms with van der Waals surface area (Å²) in [7, 11) is 0. The van der Waals surface area contributed by atoms with Crippen LogP contribution in [0, 0.1) is 19.7 Å². The molecule has 0 atom stereocenters. The van der Waals surface area contributed by atoms with Crippen molar-refractivity contribution in [2.24, 2.45) is 0 Å². The predicted octanol–water partition coefficient (Wildman–Crippen LogP) is 2.91. The molecule has 94 valence electrons. The van der Waals surface area contributed by atoms with Crippen LogP contribution in [0.5, 0.6) is 0 Å². The molecule has 0 saturated carbocycles. The Labute approximate surface area is 105 Å². The van der Waals surface area contributed by atoms with Gasteiger partial charge < -0.3 is 0 Å². The molecule has 18 heavy (non-hydrogen) atoms. The van der Waals surface area contributed by atoms with Gasteiger partial charge in [0.05, 0.1) is 5.69 Å². The van der Waals surface area contributed by atoms with Crippen LogP contribution in [0.3, 0.4) is 0 Å². The second-order valence-corrected chi connectivity index (χ2v) is 4.36. The first kappa shape index (κ1) is 12.5. The van der Waals surface area contributed by atoms with Crippen molar-refractivity contribution in [3.63, 3.8) is 0 Å². The predicted molar refractivity (Wildman–Crippen MR) is 67.0 cm³/mol. The van der Waals surface area contributed by atoms with Crippen LogP contribution >= 0.6 is 0 Å². The van der Waals surface area contributed by atoms with Crippen LogP contribution in [0.4, 0.5) is 4.39 Å². The normalized spacial score (nSPS) is 10.6. The summed E-state index contributed by atoms with van der Waals surface area (Å²) in [6.07, 6.45) is 0.963. The lowest BCUT2D eigenvalue weighted by Gasteiger charge is -2.03. The summed E-state index contributed by atoms with van der Waals surface area (Å²) in [5.74, 6) is -0.298. The van der Waals surface area contributed by atoms with Gasteiger partial charge in [0.1, 0.15) is 5.82 Å². The number of hydrogen-bond acceptors (Lipinski definition) is 2. The van der Waals surface area contributed by atoms with Crippen molar-refractivity contribution in [1.29, 1.82) is 0 Å². The maximum Gasteiger partial charge on any atom is 0.247 e. The molecule has 0 aliphatic carbocycles. The van der Waals surface area contributed by atoms with Crippen LogP contribution in [-0.4, -0.2) is 15.7 Å². The van der Waals surface area contributed by atoms with Gasteiger partial charge in [0, 0.05) is 12.1 Å². The van der Waals surface area contributed by atoms with E-state index in [4.69, 9.17) is 0 Å². The molecule has 0 spiro atoms. The van der Waals surface area contributed by atoms with Crippen molar-refractivity contribution in [3.8, 4) is 0 Å². The largest absolute Gasteiger partial charge is 0.273 e. The molecule has 0 N–H and O–H groups in total. The van der Waals surface area contributed by atoms with Crippen LogP contribution in [0.2, 0.25) is 0 Å². The number of hydrogen-bond donors (Lipinski definition) is 0. The zero-order valence-electron chi connectivity index (χ0n) is 10.5. The highest BCUT2D eigenvalue weighted by Gasteiger charge is 2.09. The van der Waals surface area contributed by atoms with E-state index in [-0.39, 0.29) is 11.7 Å². The number of aryl methyl sites for hydroxylation is 3. The second-order valence-electron chi connectivity index (χ2n) is 4.36. The Bertz CT molecular complexity index is 558. The maximum absolute atomic E-state index is 12.7. The summed E-state index contributed by atoms with van der Waals surface area (Å²) in [5, 5.41) is 4.14. The summed E-state index contributed by atoms with van der Waals surface area (Å²) in [6.45, 7) is 3.71. The molecule has 1 aromatic heterocycles. The standard InChI is InChI=1S/C14H15FN2O/c1-10-9-11(2)17(16-10)14(18)8-5-12-3-6-13(15)7-4-12/h3-4,6-7,9H,5,8H2,1-2H3. The van der Waals surface area contributed by atoms with E-state index in [1.54, 1.807) is 12.1 Å². The van der Waals surface area contributed by atoms with Crippen molar-refractivity contribution in [1.82, 2.24) is 9.78 Å². The van der Waals surface area contributed by atoms with E-state index < -0.39 is 0 Å². The van der Waals surface area contributed by atoms with Crippen molar-refractivity contribution < 1.29 is 9.18 Å². The highest BCUT2D eigenvalue weighted by atomic mass is 19.1. The van der Waals surface area contributed by atoms with Crippen LogP contribution in [0.25, 0.3) is 0 Å². The molecule has 0 unspecified atom stereocenters. The molecule has 0 saturated heterocycles. The fraction of sp³-hybridized carbons (Fsp3) is 0.286. The molecule has 2 rings (SSSR count). The third kappa shape index (κ3) is 2.83. The smallest absolute Gasteiger partial charge is 0.247 e. The molecular formula is C14H15FN2O. The van der Waals surface area contributed by atoms with Gasteiger partial charge >= 0.3 is 0 Å². The van der Waals surface area contributed by atoms with E-state index in [0.29, 0.717) is 12.8 Å². The van der Waals surface area contributed by atoms with Gasteiger partial charge in [-0.1, -0.05) is 12.1 Å². The van der Waals surface area contributed by atoms with E-state index in [1.807, 2.05) is 19.9 Å². The molecule has 0 radical (unpaired) electrons. The van der Waals surface area contributed by atoms with Gasteiger partial charge in [-0.2, -0.15) is 5.10 Å². The highest BCUT2D eigenvalue weighted by Crippen LogP contribution is 2.08. The van der Waals surface area contributed by atoms with Gasteiger partial charge in [-0.3, -0.25) is 4.79 Å². The molecule has 2 aromatic rings. The van der Waals surface area contributed by atoms with Crippen molar-refractivity contribution in [3.05, 3.63) is 53.1 Å². The number of aromatic nitrogens is 2. The lowest BCUT2D eigenvalue weighted by molar-refractivity contribution is 0.0884. The Morgan fingerprint density at radius 1 is 1.28 bits per heavy atom. The first-order chi connectivity index (χ1) is 8.56. The third-order valence-corrected chi connectivity index (χ3v) is 2.79. The zero-order valence-corrected chi connectivity index (χ0v) is 10.5. The Hall–Kier alpha value is -1.97. The fourth-order valence-electron chi connectivity index (χ4n) is 1.89. The molecule has 0 fully saturated rings. The van der Waals surface area contributed by atoms with Crippen LogP contribution < -0.4 is 0 Å². The lowest BCUT2D eigenvalue weighted by atomic mass is 10.1. The van der Waals surface area contributed by atoms with Crippen molar-refractivity contribution in [2.75, 3.05) is 0 Å². The summed E-state index contributed by atoms with van der Waals surface area (Å²) >= 11 is 0. The molecule has 0 bridgehead atoms. The number of halogens is 1. The minimum atomic E-state index is -0.261. The number of rotatable bonds is 3. The van der Waals surface area contributed by atoms with Gasteiger partial charge in [0.25, 0.3) is 0 Å². The molecule has 0 aliphatic rings. The molecule has 3 nitrogen and oxygen atoms in total. The summed E-state index contributed by atoms with van der Waals surface area (Å²) < 4.78 is 14.2. The minimum Gasteiger partial charge on any atom is -0.273 e. The molecule has 0 aliphatic heterocycles. The van der Waals surface area contributed by atoms with E-state index >= 15 is 0 Å². The summed E-state index contributed by atoms with van der Waals surface area (Å²) in [4.78, 5) is 11.9.